The fourth-order valence-corrected chi connectivity index (χ4v) is 1.56. The van der Waals surface area contributed by atoms with Gasteiger partial charge in [0, 0.05) is 19.1 Å². The van der Waals surface area contributed by atoms with Crippen molar-refractivity contribution in [2.75, 3.05) is 13.1 Å². The minimum atomic E-state index is -0.417. The Kier molecular flexibility index (Phi) is 3.93. The average molecular weight is 215 g/mol. The van der Waals surface area contributed by atoms with Gasteiger partial charge in [-0.3, -0.25) is 11.3 Å². The summed E-state index contributed by atoms with van der Waals surface area (Å²) >= 11 is 0. The van der Waals surface area contributed by atoms with Crippen LogP contribution in [0.3, 0.4) is 0 Å². The zero-order chi connectivity index (χ0) is 11.5. The summed E-state index contributed by atoms with van der Waals surface area (Å²) in [5.41, 5.74) is 2.32. The summed E-state index contributed by atoms with van der Waals surface area (Å²) in [5.74, 6) is 5.34. The number of ether oxygens (including phenoxy) is 1. The van der Waals surface area contributed by atoms with Crippen LogP contribution in [-0.2, 0) is 4.74 Å². The number of likely N-dealkylation sites (tertiary alicyclic amines) is 1. The Morgan fingerprint density at radius 2 is 1.93 bits per heavy atom. The van der Waals surface area contributed by atoms with Gasteiger partial charge in [0.25, 0.3) is 0 Å². The molecule has 0 atom stereocenters. The molecule has 0 spiro atoms. The van der Waals surface area contributed by atoms with Gasteiger partial charge < -0.3 is 9.64 Å². The molecule has 0 aromatic heterocycles. The topological polar surface area (TPSA) is 67.6 Å². The molecule has 0 aromatic carbocycles. The number of carbonyl (C=O) groups excluding carboxylic acids is 1. The van der Waals surface area contributed by atoms with Crippen molar-refractivity contribution in [2.45, 2.75) is 45.3 Å². The van der Waals surface area contributed by atoms with Gasteiger partial charge in [0.1, 0.15) is 5.60 Å². The van der Waals surface area contributed by atoms with Gasteiger partial charge in [-0.05, 0) is 33.6 Å². The van der Waals surface area contributed by atoms with E-state index in [1.165, 1.54) is 0 Å². The van der Waals surface area contributed by atoms with E-state index >= 15 is 0 Å². The molecule has 1 aliphatic heterocycles. The Morgan fingerprint density at radius 1 is 1.40 bits per heavy atom. The van der Waals surface area contributed by atoms with Gasteiger partial charge in [0.2, 0.25) is 0 Å². The normalized spacial score (nSPS) is 19.1. The van der Waals surface area contributed by atoms with E-state index in [4.69, 9.17) is 10.6 Å². The number of nitrogens with one attached hydrogen (secondary N) is 1. The number of nitrogens with zero attached hydrogens (tertiary/aromatic N) is 1. The van der Waals surface area contributed by atoms with Crippen LogP contribution >= 0.6 is 0 Å². The second kappa shape index (κ2) is 4.81. The Morgan fingerprint density at radius 3 is 2.33 bits per heavy atom. The minimum Gasteiger partial charge on any atom is -0.444 e. The van der Waals surface area contributed by atoms with Gasteiger partial charge in [0.05, 0.1) is 0 Å². The van der Waals surface area contributed by atoms with Crippen molar-refractivity contribution >= 4 is 6.09 Å². The summed E-state index contributed by atoms with van der Waals surface area (Å²) in [7, 11) is 0. The molecular weight excluding hydrogens is 194 g/mol. The number of carbonyl (C=O) groups is 1. The van der Waals surface area contributed by atoms with Crippen LogP contribution in [0.5, 0.6) is 0 Å². The van der Waals surface area contributed by atoms with Gasteiger partial charge >= 0.3 is 6.09 Å². The fourth-order valence-electron chi connectivity index (χ4n) is 1.56. The predicted molar refractivity (Wildman–Crippen MR) is 58.2 cm³/mol. The molecule has 0 radical (unpaired) electrons. The Labute approximate surface area is 90.9 Å². The molecule has 88 valence electrons. The first-order chi connectivity index (χ1) is 6.92. The van der Waals surface area contributed by atoms with Gasteiger partial charge in [-0.2, -0.15) is 0 Å². The van der Waals surface area contributed by atoms with E-state index in [1.54, 1.807) is 4.90 Å². The molecule has 0 aromatic rings. The molecule has 15 heavy (non-hydrogen) atoms. The predicted octanol–water partition coefficient (Wildman–Crippen LogP) is 0.849. The Bertz CT molecular complexity index is 217. The molecule has 5 nitrogen and oxygen atoms in total. The van der Waals surface area contributed by atoms with Crippen LogP contribution < -0.4 is 11.3 Å². The number of nitrogens with two attached hydrogens (primary N) is 1. The van der Waals surface area contributed by atoms with E-state index in [1.807, 2.05) is 20.8 Å². The lowest BCUT2D eigenvalue weighted by molar-refractivity contribution is 0.0198. The smallest absolute Gasteiger partial charge is 0.410 e. The zero-order valence-corrected chi connectivity index (χ0v) is 9.75. The highest BCUT2D eigenvalue weighted by Gasteiger charge is 2.26. The maximum absolute atomic E-state index is 11.7. The van der Waals surface area contributed by atoms with Crippen molar-refractivity contribution in [1.29, 1.82) is 0 Å². The van der Waals surface area contributed by atoms with Crippen LogP contribution in [0.1, 0.15) is 33.6 Å². The molecule has 1 rings (SSSR count). The lowest BCUT2D eigenvalue weighted by atomic mass is 10.1. The van der Waals surface area contributed by atoms with Gasteiger partial charge in [-0.1, -0.05) is 0 Å². The van der Waals surface area contributed by atoms with E-state index in [0.717, 1.165) is 12.8 Å². The number of amides is 1. The summed E-state index contributed by atoms with van der Waals surface area (Å²) < 4.78 is 5.28. The third-order valence-electron chi connectivity index (χ3n) is 2.38. The SMILES string of the molecule is CC(C)(C)OC(=O)N1CCC(NN)CC1. The first kappa shape index (κ1) is 12.3. The van der Waals surface area contributed by atoms with Crippen LogP contribution in [0.4, 0.5) is 4.79 Å². The standard InChI is InChI=1S/C10H21N3O2/c1-10(2,3)15-9(14)13-6-4-8(12-11)5-7-13/h8,12H,4-7,11H2,1-3H3. The second-order valence-corrected chi connectivity index (χ2v) is 4.91. The van der Waals surface area contributed by atoms with E-state index in [-0.39, 0.29) is 6.09 Å². The minimum absolute atomic E-state index is 0.224. The van der Waals surface area contributed by atoms with E-state index in [0.29, 0.717) is 19.1 Å². The summed E-state index contributed by atoms with van der Waals surface area (Å²) in [6.45, 7) is 7.05. The molecule has 0 bridgehead atoms. The number of hydrazine groups is 1. The zero-order valence-electron chi connectivity index (χ0n) is 9.75. The van der Waals surface area contributed by atoms with Crippen LogP contribution in [0.25, 0.3) is 0 Å². The Hall–Kier alpha value is -0.810. The van der Waals surface area contributed by atoms with Crippen molar-refractivity contribution in [2.24, 2.45) is 5.84 Å². The summed E-state index contributed by atoms with van der Waals surface area (Å²) in [6.07, 6.45) is 1.55. The summed E-state index contributed by atoms with van der Waals surface area (Å²) in [6, 6.07) is 0.323. The average Bonchev–Trinajstić information content (AvgIpc) is 2.15. The number of hydrogen-bond donors (Lipinski definition) is 2. The molecule has 3 N–H and O–H groups in total. The third-order valence-corrected chi connectivity index (χ3v) is 2.38. The van der Waals surface area contributed by atoms with Crippen LogP contribution in [0.15, 0.2) is 0 Å². The molecule has 0 aliphatic carbocycles. The summed E-state index contributed by atoms with van der Waals surface area (Å²) in [5, 5.41) is 0. The van der Waals surface area contributed by atoms with E-state index < -0.39 is 5.60 Å². The number of piperidine rings is 1. The molecule has 1 amide bonds. The molecule has 1 saturated heterocycles. The number of rotatable bonds is 1. The van der Waals surface area contributed by atoms with E-state index in [2.05, 4.69) is 5.43 Å². The third kappa shape index (κ3) is 4.05. The van der Waals surface area contributed by atoms with Crippen molar-refractivity contribution in [3.05, 3.63) is 0 Å². The van der Waals surface area contributed by atoms with Gasteiger partial charge in [-0.25, -0.2) is 4.79 Å². The van der Waals surface area contributed by atoms with Crippen molar-refractivity contribution in [1.82, 2.24) is 10.3 Å². The molecule has 1 fully saturated rings. The van der Waals surface area contributed by atoms with Crippen LogP contribution in [0.2, 0.25) is 0 Å². The van der Waals surface area contributed by atoms with Crippen molar-refractivity contribution in [3.8, 4) is 0 Å². The first-order valence-electron chi connectivity index (χ1n) is 5.36. The van der Waals surface area contributed by atoms with Crippen molar-refractivity contribution in [3.63, 3.8) is 0 Å². The first-order valence-corrected chi connectivity index (χ1v) is 5.36. The molecular formula is C10H21N3O2. The molecule has 5 heteroatoms. The molecule has 1 aliphatic rings. The fraction of sp³-hybridized carbons (Fsp3) is 0.900. The van der Waals surface area contributed by atoms with Gasteiger partial charge in [0.15, 0.2) is 0 Å². The Balaban J connectivity index is 2.37. The maximum atomic E-state index is 11.7. The summed E-state index contributed by atoms with van der Waals surface area (Å²) in [4.78, 5) is 13.4. The highest BCUT2D eigenvalue weighted by Crippen LogP contribution is 2.14. The van der Waals surface area contributed by atoms with E-state index in [9.17, 15) is 4.79 Å². The monoisotopic (exact) mass is 215 g/mol. The highest BCUT2D eigenvalue weighted by molar-refractivity contribution is 5.68. The lowest BCUT2D eigenvalue weighted by Gasteiger charge is -2.33. The molecule has 0 saturated carbocycles. The number of hydrogen-bond acceptors (Lipinski definition) is 4. The quantitative estimate of drug-likeness (QED) is 0.502. The van der Waals surface area contributed by atoms with Crippen LogP contribution in [-0.4, -0.2) is 35.7 Å². The second-order valence-electron chi connectivity index (χ2n) is 4.91. The van der Waals surface area contributed by atoms with Crippen LogP contribution in [0, 0.1) is 0 Å². The van der Waals surface area contributed by atoms with Gasteiger partial charge in [-0.15, -0.1) is 0 Å². The highest BCUT2D eigenvalue weighted by atomic mass is 16.6. The lowest BCUT2D eigenvalue weighted by Crippen LogP contribution is -2.48. The maximum Gasteiger partial charge on any atom is 0.410 e. The largest absolute Gasteiger partial charge is 0.444 e. The molecule has 0 unspecified atom stereocenters. The van der Waals surface area contributed by atoms with Crippen molar-refractivity contribution < 1.29 is 9.53 Å². The molecule has 1 heterocycles.